The number of rotatable bonds is 11. The number of halogens is 8. The second-order valence-electron chi connectivity index (χ2n) is 14.7. The average Bonchev–Trinajstić information content (AvgIpc) is 3.09. The van der Waals surface area contributed by atoms with Crippen molar-refractivity contribution >= 4 is 120 Å². The first-order chi connectivity index (χ1) is 26.9. The summed E-state index contributed by atoms with van der Waals surface area (Å²) >= 11 is 36.3. The highest BCUT2D eigenvalue weighted by molar-refractivity contribution is 9.10. The van der Waals surface area contributed by atoms with E-state index >= 15 is 0 Å². The predicted molar refractivity (Wildman–Crippen MR) is 238 cm³/mol. The molecule has 0 bridgehead atoms. The summed E-state index contributed by atoms with van der Waals surface area (Å²) in [4.78, 5) is 10.4. The van der Waals surface area contributed by atoms with Crippen molar-refractivity contribution in [2.75, 3.05) is 14.2 Å². The highest BCUT2D eigenvalue weighted by Crippen LogP contribution is 2.43. The van der Waals surface area contributed by atoms with E-state index in [0.717, 1.165) is 18.9 Å². The van der Waals surface area contributed by atoms with Crippen LogP contribution in [0.25, 0.3) is 0 Å². The number of aromatic nitrogens is 2. The lowest BCUT2D eigenvalue weighted by atomic mass is 9.69. The zero-order valence-electron chi connectivity index (χ0n) is 31.6. The third kappa shape index (κ3) is 13.5. The Labute approximate surface area is 386 Å². The molecule has 0 unspecified atom stereocenters. The minimum absolute atomic E-state index is 0. The summed E-state index contributed by atoms with van der Waals surface area (Å²) in [6, 6.07) is 9.25. The molecule has 0 aliphatic heterocycles. The van der Waals surface area contributed by atoms with Crippen molar-refractivity contribution in [2.45, 2.75) is 75.3 Å². The molecule has 4 aromatic rings. The molecule has 2 heterocycles. The fraction of sp³-hybridized carbons (Fsp3) is 0.389. The molecule has 320 valence electrons. The maximum absolute atomic E-state index is 12.9. The van der Waals surface area contributed by atoms with Gasteiger partial charge >= 0.3 is 0 Å². The molecular weight excluding hydrogens is 1050 g/mol. The minimum atomic E-state index is -4.03. The standard InChI is InChI=1S/C18H19BrCl2N2O4S.C12H7BrCl3NO4S.C6H12ClN.H2/c1-18(2)7-11(8-18)23-28(24,25)15-6-16(22-9-14(15)26-3)27-17-12(20)4-10(19)5-13(17)21;1-20-9-5-17-11(4-10(9)22(16,18)19)21-12-7(14)2-6(13)3-8(12)15;1-6(2)3-5(4-6)8-7;/h4-6,9,11,23H,7-8H2,1-3H3;2-5H,1H3;5,8H,3-4H2,1-2H3;1H. The number of benzene rings is 2. The predicted octanol–water partition coefficient (Wildman–Crippen LogP) is 12.5. The molecule has 22 heteroatoms. The van der Waals surface area contributed by atoms with E-state index in [1.54, 1.807) is 24.3 Å². The molecule has 2 aromatic heterocycles. The van der Waals surface area contributed by atoms with Crippen molar-refractivity contribution in [1.82, 2.24) is 19.5 Å². The lowest BCUT2D eigenvalue weighted by Gasteiger charge is -2.42. The minimum Gasteiger partial charge on any atom is -0.494 e. The highest BCUT2D eigenvalue weighted by Gasteiger charge is 2.39. The van der Waals surface area contributed by atoms with E-state index in [1.807, 2.05) is 0 Å². The number of ether oxygens (including phenoxy) is 4. The van der Waals surface area contributed by atoms with Crippen molar-refractivity contribution in [3.05, 3.63) is 77.8 Å². The largest absolute Gasteiger partial charge is 0.494 e. The van der Waals surface area contributed by atoms with Crippen molar-refractivity contribution in [2.24, 2.45) is 10.8 Å². The second-order valence-corrected chi connectivity index (χ2v) is 22.6. The Morgan fingerprint density at radius 1 is 0.672 bits per heavy atom. The van der Waals surface area contributed by atoms with Crippen LogP contribution in [0, 0.1) is 10.8 Å². The molecule has 0 amide bonds. The molecule has 2 fully saturated rings. The smallest absolute Gasteiger partial charge is 0.265 e. The SMILES string of the molecule is CC1(C)CC(NCl)C1.COc1cnc(Oc2c(Cl)cc(Br)cc2Cl)cc1S(=O)(=O)Cl.COc1cnc(Oc2c(Cl)cc(Br)cc2Cl)cc1S(=O)(=O)NC1CC(C)(C)C1.[HH]. The fourth-order valence-electron chi connectivity index (χ4n) is 6.09. The molecule has 2 aliphatic carbocycles. The van der Waals surface area contributed by atoms with Crippen LogP contribution < -0.4 is 28.5 Å². The van der Waals surface area contributed by atoms with Gasteiger partial charge in [-0.15, -0.1) is 0 Å². The van der Waals surface area contributed by atoms with Gasteiger partial charge in [-0.25, -0.2) is 36.4 Å². The zero-order valence-corrected chi connectivity index (χ0v) is 40.9. The lowest BCUT2D eigenvalue weighted by Crippen LogP contribution is -2.48. The van der Waals surface area contributed by atoms with Crippen LogP contribution in [-0.2, 0) is 19.1 Å². The van der Waals surface area contributed by atoms with Gasteiger partial charge in [0, 0.05) is 45.3 Å². The Kier molecular flexibility index (Phi) is 17.0. The van der Waals surface area contributed by atoms with E-state index in [1.165, 1.54) is 45.5 Å². The fourth-order valence-corrected chi connectivity index (χ4v) is 11.2. The van der Waals surface area contributed by atoms with Gasteiger partial charge in [0.15, 0.2) is 23.0 Å². The first kappa shape index (κ1) is 49.1. The van der Waals surface area contributed by atoms with E-state index in [-0.39, 0.29) is 77.5 Å². The number of hydrogen-bond donors (Lipinski definition) is 2. The van der Waals surface area contributed by atoms with Crippen LogP contribution in [0.1, 0.15) is 54.8 Å². The Hall–Kier alpha value is -1.54. The maximum atomic E-state index is 12.9. The molecule has 0 spiro atoms. The molecule has 12 nitrogen and oxygen atoms in total. The van der Waals surface area contributed by atoms with Gasteiger partial charge in [0.25, 0.3) is 9.05 Å². The number of nitrogens with one attached hydrogen (secondary N) is 2. The molecule has 2 saturated carbocycles. The van der Waals surface area contributed by atoms with Crippen LogP contribution in [-0.4, -0.2) is 53.1 Å². The van der Waals surface area contributed by atoms with Gasteiger partial charge in [0.1, 0.15) is 9.79 Å². The number of hydrogen-bond acceptors (Lipinski definition) is 11. The molecule has 0 saturated heterocycles. The molecule has 2 N–H and O–H groups in total. The molecule has 58 heavy (non-hydrogen) atoms. The normalized spacial score (nSPS) is 16.0. The zero-order chi connectivity index (χ0) is 43.4. The summed E-state index contributed by atoms with van der Waals surface area (Å²) in [5.74, 6) is 0.414. The Bertz CT molecular complexity index is 2310. The summed E-state index contributed by atoms with van der Waals surface area (Å²) in [5.41, 5.74) is 0.686. The Morgan fingerprint density at radius 2 is 1.03 bits per heavy atom. The third-order valence-electron chi connectivity index (χ3n) is 8.62. The first-order valence-corrected chi connectivity index (χ1v) is 24.2. The number of methoxy groups -OCH3 is 2. The molecule has 0 atom stereocenters. The van der Waals surface area contributed by atoms with Gasteiger partial charge in [-0.2, -0.15) is 0 Å². The molecule has 0 radical (unpaired) electrons. The summed E-state index contributed by atoms with van der Waals surface area (Å²) in [5, 5.41) is 0.979. The summed E-state index contributed by atoms with van der Waals surface area (Å²) in [6.45, 7) is 8.72. The van der Waals surface area contributed by atoms with Crippen molar-refractivity contribution < 1.29 is 37.2 Å². The van der Waals surface area contributed by atoms with E-state index < -0.39 is 19.1 Å². The number of nitrogens with zero attached hydrogens (tertiary/aromatic N) is 2. The van der Waals surface area contributed by atoms with Crippen LogP contribution in [0.3, 0.4) is 0 Å². The van der Waals surface area contributed by atoms with Crippen LogP contribution in [0.4, 0.5) is 0 Å². The van der Waals surface area contributed by atoms with Crippen LogP contribution in [0.15, 0.2) is 67.5 Å². The molecule has 2 aromatic carbocycles. The molecular formula is C36H40Br2Cl6N4O8S2. The van der Waals surface area contributed by atoms with E-state index in [4.69, 9.17) is 87.8 Å². The highest BCUT2D eigenvalue weighted by atomic mass is 79.9. The number of sulfonamides is 1. The Morgan fingerprint density at radius 3 is 1.36 bits per heavy atom. The van der Waals surface area contributed by atoms with Crippen LogP contribution in [0.5, 0.6) is 34.8 Å². The monoisotopic (exact) mass is 1090 g/mol. The third-order valence-corrected chi connectivity index (χ3v) is 13.8. The quantitative estimate of drug-likeness (QED) is 0.109. The van der Waals surface area contributed by atoms with Gasteiger partial charge in [-0.05, 0) is 72.6 Å². The van der Waals surface area contributed by atoms with Gasteiger partial charge < -0.3 is 18.9 Å². The van der Waals surface area contributed by atoms with Crippen molar-refractivity contribution in [1.29, 1.82) is 0 Å². The van der Waals surface area contributed by atoms with Crippen LogP contribution >= 0.6 is 101 Å². The summed E-state index contributed by atoms with van der Waals surface area (Å²) in [6.07, 6.45) is 6.44. The molecule has 2 aliphatic rings. The van der Waals surface area contributed by atoms with E-state index in [2.05, 4.69) is 79.1 Å². The lowest BCUT2D eigenvalue weighted by molar-refractivity contribution is 0.143. The average molecular weight is 1090 g/mol. The van der Waals surface area contributed by atoms with Gasteiger partial charge in [0.2, 0.25) is 21.8 Å². The summed E-state index contributed by atoms with van der Waals surface area (Å²) < 4.78 is 74.1. The maximum Gasteiger partial charge on any atom is 0.265 e. The van der Waals surface area contributed by atoms with E-state index in [9.17, 15) is 16.8 Å². The summed E-state index contributed by atoms with van der Waals surface area (Å²) in [7, 11) is 0.172. The van der Waals surface area contributed by atoms with Gasteiger partial charge in [-0.3, -0.25) is 0 Å². The number of pyridine rings is 2. The molecule has 6 rings (SSSR count). The first-order valence-electron chi connectivity index (χ1n) is 16.9. The topological polar surface area (TPSA) is 155 Å². The van der Waals surface area contributed by atoms with E-state index in [0.29, 0.717) is 20.4 Å². The van der Waals surface area contributed by atoms with Crippen LogP contribution in [0.2, 0.25) is 20.1 Å². The van der Waals surface area contributed by atoms with Crippen molar-refractivity contribution in [3.63, 3.8) is 0 Å². The second kappa shape index (κ2) is 20.1. The Balaban J connectivity index is 0.000000266. The van der Waals surface area contributed by atoms with Gasteiger partial charge in [-0.1, -0.05) is 106 Å². The van der Waals surface area contributed by atoms with Gasteiger partial charge in [0.05, 0.1) is 46.7 Å². The van der Waals surface area contributed by atoms with Crippen molar-refractivity contribution in [3.8, 4) is 34.8 Å².